The number of aromatic nitrogens is 2. The summed E-state index contributed by atoms with van der Waals surface area (Å²) in [7, 11) is 0.816. The van der Waals surface area contributed by atoms with Gasteiger partial charge in [-0.15, -0.1) is 0 Å². The molecule has 1 aromatic heterocycles. The van der Waals surface area contributed by atoms with Crippen molar-refractivity contribution in [3.05, 3.63) is 59.5 Å². The maximum Gasteiger partial charge on any atom is 0.423 e. The molecule has 1 saturated heterocycles. The van der Waals surface area contributed by atoms with Crippen LogP contribution in [0.5, 0.6) is 17.4 Å². The van der Waals surface area contributed by atoms with Gasteiger partial charge in [0.15, 0.2) is 5.75 Å². The lowest BCUT2D eigenvalue weighted by Gasteiger charge is -2.38. The number of carbonyl (C=O) groups is 1. The summed E-state index contributed by atoms with van der Waals surface area (Å²) in [4.78, 5) is 23.0. The highest BCUT2D eigenvalue weighted by molar-refractivity contribution is 7.92. The molecule has 2 heterocycles. The number of nitrogens with one attached hydrogen (secondary N) is 2. The summed E-state index contributed by atoms with van der Waals surface area (Å²) in [6.07, 6.45) is 1.23. The molecule has 1 spiro atoms. The second-order valence-electron chi connectivity index (χ2n) is 12.1. The number of rotatable bonds is 9. The minimum Gasteiger partial charge on any atom is -0.495 e. The van der Waals surface area contributed by atoms with Crippen molar-refractivity contribution in [3.8, 4) is 17.4 Å². The molecular weight excluding hydrogens is 644 g/mol. The molecule has 16 heteroatoms. The number of benzene rings is 2. The predicted octanol–water partition coefficient (Wildman–Crippen LogP) is 5.57. The Balaban J connectivity index is 1.38. The SMILES string of the molecule is COc1cc(C(=O)NC2CCC3(CCN(C)CC3)C2)c(F)cc1Nc1ncc(C(F)(F)F)c(Oc2ccccc2N(C)S(C)(=O)=O)n1. The Kier molecular flexibility index (Phi) is 9.55. The summed E-state index contributed by atoms with van der Waals surface area (Å²) in [5, 5.41) is 5.59. The van der Waals surface area contributed by atoms with Crippen LogP contribution in [0, 0.1) is 11.2 Å². The standard InChI is InChI=1S/C31H36F4N6O5S/c1-40-13-11-30(12-14-40)10-9-19(17-30)37-27(42)20-15-26(45-3)23(16-22(20)32)38-29-36-18-21(31(33,34)35)28(39-29)46-25-8-6-5-7-24(25)41(2)47(4,43)44/h5-8,15-16,18-19H,9-14,17H2,1-4H3,(H,37,42)(H,36,38,39). The Bertz CT molecular complexity index is 1750. The van der Waals surface area contributed by atoms with Crippen molar-refractivity contribution < 1.29 is 40.2 Å². The second kappa shape index (κ2) is 13.1. The van der Waals surface area contributed by atoms with Gasteiger partial charge in [0.2, 0.25) is 21.9 Å². The number of sulfonamides is 1. The fourth-order valence-corrected chi connectivity index (χ4v) is 6.55. The molecule has 1 unspecified atom stereocenters. The second-order valence-corrected chi connectivity index (χ2v) is 14.1. The van der Waals surface area contributed by atoms with Gasteiger partial charge in [0, 0.05) is 25.4 Å². The van der Waals surface area contributed by atoms with Crippen molar-refractivity contribution >= 4 is 33.3 Å². The molecule has 1 aliphatic carbocycles. The van der Waals surface area contributed by atoms with Crippen molar-refractivity contribution in [1.82, 2.24) is 20.2 Å². The number of para-hydroxylation sites is 2. The molecule has 0 bridgehead atoms. The Hall–Kier alpha value is -4.18. The Morgan fingerprint density at radius 1 is 1.13 bits per heavy atom. The molecule has 11 nitrogen and oxygen atoms in total. The van der Waals surface area contributed by atoms with E-state index in [4.69, 9.17) is 9.47 Å². The Morgan fingerprint density at radius 2 is 1.83 bits per heavy atom. The van der Waals surface area contributed by atoms with Gasteiger partial charge in [0.25, 0.3) is 5.91 Å². The summed E-state index contributed by atoms with van der Waals surface area (Å²) in [5.74, 6) is -3.04. The van der Waals surface area contributed by atoms with Gasteiger partial charge in [-0.3, -0.25) is 9.10 Å². The molecule has 47 heavy (non-hydrogen) atoms. The van der Waals surface area contributed by atoms with Crippen LogP contribution in [0.4, 0.5) is 34.9 Å². The minimum absolute atomic E-state index is 0.0147. The fourth-order valence-electron chi connectivity index (χ4n) is 6.04. The topological polar surface area (TPSA) is 126 Å². The van der Waals surface area contributed by atoms with Gasteiger partial charge in [-0.1, -0.05) is 12.1 Å². The zero-order valence-corrected chi connectivity index (χ0v) is 27.1. The van der Waals surface area contributed by atoms with Crippen LogP contribution in [0.15, 0.2) is 42.6 Å². The van der Waals surface area contributed by atoms with E-state index in [9.17, 15) is 26.4 Å². The quantitative estimate of drug-likeness (QED) is 0.279. The van der Waals surface area contributed by atoms with Gasteiger partial charge >= 0.3 is 6.18 Å². The van der Waals surface area contributed by atoms with Crippen molar-refractivity contribution in [2.45, 2.75) is 44.3 Å². The van der Waals surface area contributed by atoms with Crippen LogP contribution < -0.4 is 24.4 Å². The number of hydrogen-bond acceptors (Lipinski definition) is 9. The lowest BCUT2D eigenvalue weighted by Crippen LogP contribution is -2.39. The van der Waals surface area contributed by atoms with E-state index in [2.05, 4.69) is 32.5 Å². The third-order valence-electron chi connectivity index (χ3n) is 8.83. The number of carbonyl (C=O) groups excluding carboxylic acids is 1. The van der Waals surface area contributed by atoms with Crippen molar-refractivity contribution in [1.29, 1.82) is 0 Å². The summed E-state index contributed by atoms with van der Waals surface area (Å²) >= 11 is 0. The van der Waals surface area contributed by atoms with Gasteiger partial charge in [0.05, 0.1) is 30.3 Å². The van der Waals surface area contributed by atoms with Gasteiger partial charge in [-0.25, -0.2) is 17.8 Å². The van der Waals surface area contributed by atoms with Crippen LogP contribution in [0.25, 0.3) is 0 Å². The third-order valence-corrected chi connectivity index (χ3v) is 10.0. The monoisotopic (exact) mass is 680 g/mol. The van der Waals surface area contributed by atoms with E-state index < -0.39 is 45.3 Å². The van der Waals surface area contributed by atoms with E-state index in [0.29, 0.717) is 6.20 Å². The molecule has 0 radical (unpaired) electrons. The van der Waals surface area contributed by atoms with E-state index in [-0.39, 0.29) is 39.9 Å². The first kappa shape index (κ1) is 34.2. The van der Waals surface area contributed by atoms with Crippen molar-refractivity contribution in [2.75, 3.05) is 50.2 Å². The number of likely N-dealkylation sites (tertiary alicyclic amines) is 1. The van der Waals surface area contributed by atoms with Crippen LogP contribution in [0.3, 0.4) is 0 Å². The molecule has 2 aliphatic rings. The van der Waals surface area contributed by atoms with Crippen LogP contribution in [-0.4, -0.2) is 75.8 Å². The molecular formula is C31H36F4N6O5S. The highest BCUT2D eigenvalue weighted by atomic mass is 32.2. The number of hydrogen-bond donors (Lipinski definition) is 2. The lowest BCUT2D eigenvalue weighted by atomic mass is 9.77. The molecule has 5 rings (SSSR count). The number of anilines is 3. The summed E-state index contributed by atoms with van der Waals surface area (Å²) < 4.78 is 93.1. The minimum atomic E-state index is -4.93. The van der Waals surface area contributed by atoms with Crippen molar-refractivity contribution in [3.63, 3.8) is 0 Å². The molecule has 3 aromatic rings. The molecule has 2 aromatic carbocycles. The normalized spacial score (nSPS) is 18.2. The molecule has 1 atom stereocenters. The summed E-state index contributed by atoms with van der Waals surface area (Å²) in [6, 6.07) is 7.67. The maximum atomic E-state index is 15.4. The van der Waals surface area contributed by atoms with Crippen LogP contribution in [-0.2, 0) is 16.2 Å². The summed E-state index contributed by atoms with van der Waals surface area (Å²) in [5.41, 5.74) is -1.49. The van der Waals surface area contributed by atoms with Crippen LogP contribution >= 0.6 is 0 Å². The number of halogens is 4. The van der Waals surface area contributed by atoms with Gasteiger partial charge in [0.1, 0.15) is 17.1 Å². The summed E-state index contributed by atoms with van der Waals surface area (Å²) in [6.45, 7) is 2.01. The van der Waals surface area contributed by atoms with Gasteiger partial charge in [-0.05, 0) is 75.9 Å². The average Bonchev–Trinajstić information content (AvgIpc) is 3.39. The number of nitrogens with zero attached hydrogens (tertiary/aromatic N) is 4. The van der Waals surface area contributed by atoms with Crippen molar-refractivity contribution in [2.24, 2.45) is 5.41 Å². The highest BCUT2D eigenvalue weighted by Gasteiger charge is 2.41. The number of amides is 1. The molecule has 2 N–H and O–H groups in total. The first-order valence-corrected chi connectivity index (χ1v) is 16.7. The van der Waals surface area contributed by atoms with E-state index in [1.54, 1.807) is 0 Å². The predicted molar refractivity (Wildman–Crippen MR) is 167 cm³/mol. The highest BCUT2D eigenvalue weighted by Crippen LogP contribution is 2.46. The zero-order valence-electron chi connectivity index (χ0n) is 26.3. The lowest BCUT2D eigenvalue weighted by molar-refractivity contribution is -0.139. The van der Waals surface area contributed by atoms with Gasteiger partial charge in [-0.2, -0.15) is 18.2 Å². The van der Waals surface area contributed by atoms with Crippen LogP contribution in [0.2, 0.25) is 0 Å². The smallest absolute Gasteiger partial charge is 0.423 e. The average molecular weight is 681 g/mol. The number of methoxy groups -OCH3 is 1. The number of ether oxygens (including phenoxy) is 2. The maximum absolute atomic E-state index is 15.4. The molecule has 254 valence electrons. The third kappa shape index (κ3) is 7.70. The Labute approximate surface area is 270 Å². The Morgan fingerprint density at radius 3 is 2.49 bits per heavy atom. The largest absolute Gasteiger partial charge is 0.495 e. The molecule has 1 aliphatic heterocycles. The van der Waals surface area contributed by atoms with E-state index in [1.807, 2.05) is 0 Å². The van der Waals surface area contributed by atoms with Crippen LogP contribution in [0.1, 0.15) is 48.0 Å². The number of piperidine rings is 1. The molecule has 1 amide bonds. The fraction of sp³-hybridized carbons (Fsp3) is 0.452. The first-order valence-electron chi connectivity index (χ1n) is 14.9. The molecule has 2 fully saturated rings. The van der Waals surface area contributed by atoms with E-state index >= 15 is 4.39 Å². The first-order chi connectivity index (χ1) is 22.1. The number of alkyl halides is 3. The van der Waals surface area contributed by atoms with E-state index in [0.717, 1.165) is 61.8 Å². The van der Waals surface area contributed by atoms with Gasteiger partial charge < -0.3 is 25.0 Å². The van der Waals surface area contributed by atoms with E-state index in [1.165, 1.54) is 44.5 Å². The molecule has 1 saturated carbocycles. The zero-order chi connectivity index (χ0) is 34.1.